The summed E-state index contributed by atoms with van der Waals surface area (Å²) >= 11 is 0. The second-order valence-corrected chi connectivity index (χ2v) is 3.34. The van der Waals surface area contributed by atoms with Gasteiger partial charge in [-0.15, -0.1) is 0 Å². The number of hydrogen-bond acceptors (Lipinski definition) is 2. The fourth-order valence-corrected chi connectivity index (χ4v) is 1.23. The third-order valence-electron chi connectivity index (χ3n) is 2.48. The van der Waals surface area contributed by atoms with Gasteiger partial charge >= 0.3 is 0 Å². The lowest BCUT2D eigenvalue weighted by atomic mass is 9.72. The van der Waals surface area contributed by atoms with Crippen LogP contribution in [0.4, 0.5) is 0 Å². The Morgan fingerprint density at radius 3 is 2.22 bits per heavy atom. The zero-order valence-corrected chi connectivity index (χ0v) is 6.06. The van der Waals surface area contributed by atoms with Crippen LogP contribution in [0.1, 0.15) is 26.2 Å². The van der Waals surface area contributed by atoms with Gasteiger partial charge in [-0.05, 0) is 25.7 Å². The Balaban J connectivity index is 2.37. The van der Waals surface area contributed by atoms with Crippen LogP contribution in [-0.2, 0) is 0 Å². The van der Waals surface area contributed by atoms with Crippen molar-refractivity contribution < 1.29 is 0 Å². The highest BCUT2D eigenvalue weighted by Gasteiger charge is 2.32. The first-order valence-corrected chi connectivity index (χ1v) is 3.66. The third kappa shape index (κ3) is 1.25. The van der Waals surface area contributed by atoms with Crippen LogP contribution in [0.5, 0.6) is 0 Å². The molecule has 54 valence electrons. The summed E-state index contributed by atoms with van der Waals surface area (Å²) in [4.78, 5) is 0. The number of hydrogen-bond donors (Lipinski definition) is 2. The van der Waals surface area contributed by atoms with Crippen LogP contribution >= 0.6 is 0 Å². The van der Waals surface area contributed by atoms with Gasteiger partial charge in [0.1, 0.15) is 0 Å². The summed E-state index contributed by atoms with van der Waals surface area (Å²) in [7, 11) is 0. The van der Waals surface area contributed by atoms with E-state index in [0.717, 1.165) is 0 Å². The summed E-state index contributed by atoms with van der Waals surface area (Å²) in [5, 5.41) is 0. The van der Waals surface area contributed by atoms with Gasteiger partial charge in [-0.1, -0.05) is 6.42 Å². The Labute approximate surface area is 56.6 Å². The molecular formula is C7H16N2. The Morgan fingerprint density at radius 2 is 2.11 bits per heavy atom. The first-order valence-electron chi connectivity index (χ1n) is 3.66. The maximum Gasteiger partial charge on any atom is 0.0278 e. The maximum absolute atomic E-state index is 5.90. The van der Waals surface area contributed by atoms with Gasteiger partial charge in [0.25, 0.3) is 0 Å². The van der Waals surface area contributed by atoms with Crippen LogP contribution in [0.3, 0.4) is 0 Å². The Bertz CT molecular complexity index is 95.1. The van der Waals surface area contributed by atoms with Gasteiger partial charge in [0, 0.05) is 12.1 Å². The molecule has 1 atom stereocenters. The fourth-order valence-electron chi connectivity index (χ4n) is 1.23. The summed E-state index contributed by atoms with van der Waals surface area (Å²) in [6.45, 7) is 2.68. The van der Waals surface area contributed by atoms with Crippen molar-refractivity contribution >= 4 is 0 Å². The van der Waals surface area contributed by atoms with Gasteiger partial charge in [0.15, 0.2) is 0 Å². The van der Waals surface area contributed by atoms with Crippen molar-refractivity contribution in [2.24, 2.45) is 17.4 Å². The highest BCUT2D eigenvalue weighted by Crippen LogP contribution is 2.33. The first-order chi connectivity index (χ1) is 4.17. The number of rotatable bonds is 2. The molecule has 0 bridgehead atoms. The predicted octanol–water partition coefficient (Wildman–Crippen LogP) is 0.463. The van der Waals surface area contributed by atoms with Gasteiger partial charge in [-0.25, -0.2) is 0 Å². The number of nitrogens with two attached hydrogens (primary N) is 2. The molecule has 1 rings (SSSR count). The zero-order valence-electron chi connectivity index (χ0n) is 6.06. The molecule has 0 amide bonds. The molecule has 1 aliphatic rings. The van der Waals surface area contributed by atoms with Crippen molar-refractivity contribution in [3.05, 3.63) is 0 Å². The average Bonchev–Trinajstić information content (AvgIpc) is 1.60. The molecule has 2 heteroatoms. The molecule has 0 aromatic rings. The van der Waals surface area contributed by atoms with E-state index in [0.29, 0.717) is 12.5 Å². The van der Waals surface area contributed by atoms with Crippen molar-refractivity contribution in [1.29, 1.82) is 0 Å². The second kappa shape index (κ2) is 2.27. The largest absolute Gasteiger partial charge is 0.329 e. The first kappa shape index (κ1) is 7.03. The minimum atomic E-state index is -0.0851. The van der Waals surface area contributed by atoms with E-state index in [1.165, 1.54) is 19.3 Å². The molecule has 1 aliphatic carbocycles. The van der Waals surface area contributed by atoms with Gasteiger partial charge in [0.2, 0.25) is 0 Å². The fraction of sp³-hybridized carbons (Fsp3) is 1.00. The normalized spacial score (nSPS) is 27.0. The molecule has 0 aliphatic heterocycles. The van der Waals surface area contributed by atoms with Crippen molar-refractivity contribution in [2.45, 2.75) is 31.7 Å². The van der Waals surface area contributed by atoms with Gasteiger partial charge in [0.05, 0.1) is 0 Å². The summed E-state index contributed by atoms with van der Waals surface area (Å²) in [5.74, 6) is 0.697. The third-order valence-corrected chi connectivity index (χ3v) is 2.48. The standard InChI is InChI=1S/C7H16N2/c1-7(9,5-8)6-3-2-4-6/h6H,2-5,8-9H2,1H3. The molecule has 1 fully saturated rings. The average molecular weight is 128 g/mol. The molecule has 0 radical (unpaired) electrons. The molecule has 0 heterocycles. The molecule has 0 aromatic carbocycles. The monoisotopic (exact) mass is 128 g/mol. The molecule has 0 aromatic heterocycles. The Kier molecular flexibility index (Phi) is 1.78. The van der Waals surface area contributed by atoms with E-state index in [1.54, 1.807) is 0 Å². The van der Waals surface area contributed by atoms with Crippen molar-refractivity contribution in [2.75, 3.05) is 6.54 Å². The molecule has 4 N–H and O–H groups in total. The van der Waals surface area contributed by atoms with Crippen molar-refractivity contribution in [1.82, 2.24) is 0 Å². The van der Waals surface area contributed by atoms with Crippen LogP contribution in [0, 0.1) is 5.92 Å². The lowest BCUT2D eigenvalue weighted by Crippen LogP contribution is -2.52. The van der Waals surface area contributed by atoms with Crippen molar-refractivity contribution in [3.8, 4) is 0 Å². The topological polar surface area (TPSA) is 52.0 Å². The SMILES string of the molecule is CC(N)(CN)C1CCC1. The second-order valence-electron chi connectivity index (χ2n) is 3.34. The maximum atomic E-state index is 5.90. The van der Waals surface area contributed by atoms with Crippen LogP contribution in [0.25, 0.3) is 0 Å². The summed E-state index contributed by atoms with van der Waals surface area (Å²) in [5.41, 5.74) is 11.3. The van der Waals surface area contributed by atoms with Crippen LogP contribution in [0.15, 0.2) is 0 Å². The van der Waals surface area contributed by atoms with Crippen LogP contribution in [-0.4, -0.2) is 12.1 Å². The van der Waals surface area contributed by atoms with Crippen LogP contribution < -0.4 is 11.5 Å². The van der Waals surface area contributed by atoms with E-state index in [9.17, 15) is 0 Å². The van der Waals surface area contributed by atoms with Gasteiger partial charge < -0.3 is 11.5 Å². The molecule has 2 nitrogen and oxygen atoms in total. The summed E-state index contributed by atoms with van der Waals surface area (Å²) in [6.07, 6.45) is 3.91. The molecule has 9 heavy (non-hydrogen) atoms. The van der Waals surface area contributed by atoms with E-state index in [1.807, 2.05) is 0 Å². The minimum Gasteiger partial charge on any atom is -0.329 e. The van der Waals surface area contributed by atoms with E-state index >= 15 is 0 Å². The minimum absolute atomic E-state index is 0.0851. The lowest BCUT2D eigenvalue weighted by Gasteiger charge is -2.39. The Hall–Kier alpha value is -0.0800. The molecule has 1 unspecified atom stereocenters. The Morgan fingerprint density at radius 1 is 1.56 bits per heavy atom. The van der Waals surface area contributed by atoms with E-state index < -0.39 is 0 Å². The summed E-state index contributed by atoms with van der Waals surface area (Å²) < 4.78 is 0. The highest BCUT2D eigenvalue weighted by molar-refractivity contribution is 4.92. The van der Waals surface area contributed by atoms with Crippen LogP contribution in [0.2, 0.25) is 0 Å². The molecule has 0 saturated heterocycles. The van der Waals surface area contributed by atoms with Gasteiger partial charge in [-0.2, -0.15) is 0 Å². The highest BCUT2D eigenvalue weighted by atomic mass is 14.8. The van der Waals surface area contributed by atoms with E-state index in [4.69, 9.17) is 11.5 Å². The van der Waals surface area contributed by atoms with Gasteiger partial charge in [-0.3, -0.25) is 0 Å². The summed E-state index contributed by atoms with van der Waals surface area (Å²) in [6, 6.07) is 0. The quantitative estimate of drug-likeness (QED) is 0.567. The van der Waals surface area contributed by atoms with E-state index in [-0.39, 0.29) is 5.54 Å². The molecule has 0 spiro atoms. The zero-order chi connectivity index (χ0) is 6.91. The lowest BCUT2D eigenvalue weighted by molar-refractivity contribution is 0.188. The van der Waals surface area contributed by atoms with Crippen molar-refractivity contribution in [3.63, 3.8) is 0 Å². The predicted molar refractivity (Wildman–Crippen MR) is 39.0 cm³/mol. The molecular weight excluding hydrogens is 112 g/mol. The molecule has 1 saturated carbocycles. The van der Waals surface area contributed by atoms with E-state index in [2.05, 4.69) is 6.92 Å². The smallest absolute Gasteiger partial charge is 0.0278 e.